The second-order valence-electron chi connectivity index (χ2n) is 9.45. The fourth-order valence-electron chi connectivity index (χ4n) is 5.44. The quantitative estimate of drug-likeness (QED) is 0.411. The molecule has 1 aromatic heterocycles. The molecular formula is C30H28N4O2. The lowest BCUT2D eigenvalue weighted by Crippen LogP contribution is -2.50. The minimum absolute atomic E-state index is 0.0410. The van der Waals surface area contributed by atoms with E-state index in [2.05, 4.69) is 17.1 Å². The number of amides is 2. The maximum atomic E-state index is 13.3. The molecule has 2 aliphatic rings. The summed E-state index contributed by atoms with van der Waals surface area (Å²) < 4.78 is 2.03. The molecule has 3 aromatic carbocycles. The zero-order valence-electron chi connectivity index (χ0n) is 20.1. The number of benzene rings is 3. The number of rotatable bonds is 4. The summed E-state index contributed by atoms with van der Waals surface area (Å²) in [6.07, 6.45) is 6.68. The van der Waals surface area contributed by atoms with Crippen molar-refractivity contribution in [1.29, 1.82) is 0 Å². The Morgan fingerprint density at radius 1 is 0.833 bits per heavy atom. The van der Waals surface area contributed by atoms with E-state index in [-0.39, 0.29) is 17.9 Å². The van der Waals surface area contributed by atoms with E-state index in [0.29, 0.717) is 25.1 Å². The highest BCUT2D eigenvalue weighted by atomic mass is 16.2. The molecule has 4 aromatic rings. The highest BCUT2D eigenvalue weighted by Crippen LogP contribution is 2.32. The molecular weight excluding hydrogens is 448 g/mol. The zero-order valence-corrected chi connectivity index (χ0v) is 20.1. The average molecular weight is 477 g/mol. The number of carbonyl (C=O) groups is 2. The van der Waals surface area contributed by atoms with Gasteiger partial charge in [0.05, 0.1) is 0 Å². The van der Waals surface area contributed by atoms with Crippen LogP contribution < -0.4 is 4.90 Å². The van der Waals surface area contributed by atoms with Crippen molar-refractivity contribution in [2.75, 3.05) is 18.0 Å². The van der Waals surface area contributed by atoms with Gasteiger partial charge in [0.15, 0.2) is 0 Å². The summed E-state index contributed by atoms with van der Waals surface area (Å²) in [7, 11) is 0. The highest BCUT2D eigenvalue weighted by Gasteiger charge is 2.33. The van der Waals surface area contributed by atoms with Crippen LogP contribution in [0.3, 0.4) is 0 Å². The molecule has 0 unspecified atom stereocenters. The van der Waals surface area contributed by atoms with Crippen LogP contribution in [0.25, 0.3) is 17.1 Å². The Hall–Kier alpha value is -4.19. The molecule has 0 radical (unpaired) electrons. The first kappa shape index (κ1) is 22.3. The van der Waals surface area contributed by atoms with Crippen LogP contribution in [-0.2, 0) is 11.2 Å². The summed E-state index contributed by atoms with van der Waals surface area (Å²) in [5.41, 5.74) is 4.97. The van der Waals surface area contributed by atoms with E-state index in [1.165, 1.54) is 5.56 Å². The number of anilines is 1. The predicted octanol–water partition coefficient (Wildman–Crippen LogP) is 5.12. The number of likely N-dealkylation sites (tertiary alicyclic amines) is 1. The Labute approximate surface area is 210 Å². The number of nitrogens with zero attached hydrogens (tertiary/aromatic N) is 4. The molecule has 6 nitrogen and oxygen atoms in total. The molecule has 1 fully saturated rings. The fourth-order valence-corrected chi connectivity index (χ4v) is 5.44. The Bertz CT molecular complexity index is 1390. The molecule has 0 atom stereocenters. The molecule has 0 saturated carbocycles. The molecule has 0 N–H and O–H groups in total. The van der Waals surface area contributed by atoms with Crippen molar-refractivity contribution in [3.8, 4) is 17.1 Å². The van der Waals surface area contributed by atoms with Gasteiger partial charge in [0.1, 0.15) is 5.82 Å². The van der Waals surface area contributed by atoms with Crippen LogP contribution in [0.5, 0.6) is 0 Å². The van der Waals surface area contributed by atoms with Crippen LogP contribution in [0.2, 0.25) is 0 Å². The van der Waals surface area contributed by atoms with E-state index in [0.717, 1.165) is 42.0 Å². The maximum Gasteiger partial charge on any atom is 0.253 e. The topological polar surface area (TPSA) is 58.4 Å². The van der Waals surface area contributed by atoms with E-state index in [9.17, 15) is 9.59 Å². The van der Waals surface area contributed by atoms with E-state index >= 15 is 0 Å². The number of imidazole rings is 1. The summed E-state index contributed by atoms with van der Waals surface area (Å²) in [6.45, 7) is 1.30. The van der Waals surface area contributed by atoms with E-state index in [4.69, 9.17) is 0 Å². The number of aromatic nitrogens is 2. The summed E-state index contributed by atoms with van der Waals surface area (Å²) in [5.74, 6) is 1.10. The monoisotopic (exact) mass is 476 g/mol. The molecule has 0 aliphatic carbocycles. The van der Waals surface area contributed by atoms with Gasteiger partial charge < -0.3 is 9.80 Å². The third-order valence-electron chi connectivity index (χ3n) is 7.31. The van der Waals surface area contributed by atoms with Gasteiger partial charge in [-0.15, -0.1) is 0 Å². The molecule has 0 spiro atoms. The van der Waals surface area contributed by atoms with Crippen molar-refractivity contribution in [3.63, 3.8) is 0 Å². The SMILES string of the molecule is O=C(c1ccc(-n2ccnc2-c2ccccc2)cc1)N1CCC(N2C(=O)CCc3ccccc32)CC1. The second-order valence-corrected chi connectivity index (χ2v) is 9.45. The van der Waals surface area contributed by atoms with Crippen LogP contribution in [-0.4, -0.2) is 45.4 Å². The molecule has 2 aliphatic heterocycles. The highest BCUT2D eigenvalue weighted by molar-refractivity contribution is 5.97. The minimum Gasteiger partial charge on any atom is -0.338 e. The third-order valence-corrected chi connectivity index (χ3v) is 7.31. The molecule has 6 rings (SSSR count). The van der Waals surface area contributed by atoms with Gasteiger partial charge in [0.2, 0.25) is 5.91 Å². The lowest BCUT2D eigenvalue weighted by atomic mass is 9.95. The first-order valence-corrected chi connectivity index (χ1v) is 12.6. The number of hydrogen-bond donors (Lipinski definition) is 0. The van der Waals surface area contributed by atoms with Gasteiger partial charge in [0, 0.05) is 60.4 Å². The van der Waals surface area contributed by atoms with Crippen molar-refractivity contribution in [2.24, 2.45) is 0 Å². The molecule has 6 heteroatoms. The van der Waals surface area contributed by atoms with E-state index < -0.39 is 0 Å². The van der Waals surface area contributed by atoms with Crippen LogP contribution in [0, 0.1) is 0 Å². The molecule has 36 heavy (non-hydrogen) atoms. The zero-order chi connectivity index (χ0) is 24.5. The third kappa shape index (κ3) is 4.09. The van der Waals surface area contributed by atoms with Crippen LogP contribution in [0.15, 0.2) is 91.3 Å². The van der Waals surface area contributed by atoms with Gasteiger partial charge in [-0.25, -0.2) is 4.98 Å². The van der Waals surface area contributed by atoms with Crippen molar-refractivity contribution < 1.29 is 9.59 Å². The van der Waals surface area contributed by atoms with Gasteiger partial charge >= 0.3 is 0 Å². The fraction of sp³-hybridized carbons (Fsp3) is 0.233. The van der Waals surface area contributed by atoms with Gasteiger partial charge in [-0.05, 0) is 55.2 Å². The summed E-state index contributed by atoms with van der Waals surface area (Å²) in [4.78, 5) is 34.5. The van der Waals surface area contributed by atoms with Crippen LogP contribution in [0.1, 0.15) is 35.2 Å². The Morgan fingerprint density at radius 2 is 1.56 bits per heavy atom. The molecule has 1 saturated heterocycles. The number of piperidine rings is 1. The maximum absolute atomic E-state index is 13.3. The number of aryl methyl sites for hydroxylation is 1. The van der Waals surface area contributed by atoms with Crippen molar-refractivity contribution >= 4 is 17.5 Å². The summed E-state index contributed by atoms with van der Waals surface area (Å²) >= 11 is 0. The first-order chi connectivity index (χ1) is 17.7. The van der Waals surface area contributed by atoms with E-state index in [1.54, 1.807) is 6.20 Å². The normalized spacial score (nSPS) is 16.2. The van der Waals surface area contributed by atoms with E-state index in [1.807, 2.05) is 87.3 Å². The first-order valence-electron chi connectivity index (χ1n) is 12.6. The standard InChI is InChI=1S/C30H28N4O2/c35-28-15-12-22-6-4-5-9-27(22)34(28)26-16-19-32(20-17-26)30(36)24-10-13-25(14-11-24)33-21-18-31-29(33)23-7-2-1-3-8-23/h1-11,13-14,18,21,26H,12,15-17,19-20H2. The van der Waals surface area contributed by atoms with Gasteiger partial charge in [-0.3, -0.25) is 14.2 Å². The van der Waals surface area contributed by atoms with Crippen LogP contribution >= 0.6 is 0 Å². The average Bonchev–Trinajstić information content (AvgIpc) is 3.44. The van der Waals surface area contributed by atoms with Gasteiger partial charge in [-0.2, -0.15) is 0 Å². The number of fused-ring (bicyclic) bond motifs is 1. The Morgan fingerprint density at radius 3 is 2.33 bits per heavy atom. The Kier molecular flexibility index (Phi) is 5.85. The minimum atomic E-state index is 0.0410. The van der Waals surface area contributed by atoms with Crippen molar-refractivity contribution in [3.05, 3.63) is 102 Å². The summed E-state index contributed by atoms with van der Waals surface area (Å²) in [5, 5.41) is 0. The number of carbonyl (C=O) groups excluding carboxylic acids is 2. The van der Waals surface area contributed by atoms with Crippen molar-refractivity contribution in [1.82, 2.24) is 14.5 Å². The molecule has 3 heterocycles. The van der Waals surface area contributed by atoms with Gasteiger partial charge in [-0.1, -0.05) is 48.5 Å². The lowest BCUT2D eigenvalue weighted by Gasteiger charge is -2.41. The molecule has 0 bridgehead atoms. The molecule has 2 amide bonds. The predicted molar refractivity (Wildman–Crippen MR) is 140 cm³/mol. The Balaban J connectivity index is 1.14. The summed E-state index contributed by atoms with van der Waals surface area (Å²) in [6, 6.07) is 26.1. The number of hydrogen-bond acceptors (Lipinski definition) is 3. The van der Waals surface area contributed by atoms with Gasteiger partial charge in [0.25, 0.3) is 5.91 Å². The van der Waals surface area contributed by atoms with Crippen LogP contribution in [0.4, 0.5) is 5.69 Å². The lowest BCUT2D eigenvalue weighted by molar-refractivity contribution is -0.119. The second kappa shape index (κ2) is 9.46. The number of para-hydroxylation sites is 1. The van der Waals surface area contributed by atoms with Crippen molar-refractivity contribution in [2.45, 2.75) is 31.7 Å². The molecule has 180 valence electrons. The largest absolute Gasteiger partial charge is 0.338 e. The smallest absolute Gasteiger partial charge is 0.253 e.